The molecule has 8 nitrogen and oxygen atoms in total. The van der Waals surface area contributed by atoms with Crippen molar-refractivity contribution in [2.75, 3.05) is 13.2 Å². The Morgan fingerprint density at radius 1 is 0.667 bits per heavy atom. The molecule has 42 heavy (non-hydrogen) atoms. The second kappa shape index (κ2) is 19.8. The SMILES string of the molecule is CCCCC[C@H]1CC[C@H](CCCCc2ccc(C3O[C@H](OC(=O)OCCCC)[C@@H](OC(=O)OCCCC)O3)cc2)CC1. The zero-order valence-electron chi connectivity index (χ0n) is 26.2. The number of hydrogen-bond acceptors (Lipinski definition) is 8. The third kappa shape index (κ3) is 12.5. The van der Waals surface area contributed by atoms with E-state index >= 15 is 0 Å². The van der Waals surface area contributed by atoms with Gasteiger partial charge in [0, 0.05) is 5.56 Å². The maximum absolute atomic E-state index is 12.1. The highest BCUT2D eigenvalue weighted by Crippen LogP contribution is 2.35. The molecule has 1 aliphatic carbocycles. The molecule has 1 aromatic carbocycles. The first-order valence-electron chi connectivity index (χ1n) is 16.6. The number of unbranched alkanes of at least 4 members (excludes halogenated alkanes) is 5. The highest BCUT2D eigenvalue weighted by molar-refractivity contribution is 5.61. The van der Waals surface area contributed by atoms with Crippen molar-refractivity contribution in [1.82, 2.24) is 0 Å². The van der Waals surface area contributed by atoms with Crippen LogP contribution in [-0.2, 0) is 34.8 Å². The van der Waals surface area contributed by atoms with Crippen LogP contribution in [0.15, 0.2) is 24.3 Å². The fourth-order valence-electron chi connectivity index (χ4n) is 5.68. The molecule has 0 bridgehead atoms. The van der Waals surface area contributed by atoms with Crippen LogP contribution in [0.5, 0.6) is 0 Å². The number of carbonyl (C=O) groups excluding carboxylic acids is 2. The quantitative estimate of drug-likeness (QED) is 0.123. The summed E-state index contributed by atoms with van der Waals surface area (Å²) in [7, 11) is 0. The molecule has 0 amide bonds. The van der Waals surface area contributed by atoms with E-state index in [0.717, 1.165) is 49.5 Å². The predicted octanol–water partition coefficient (Wildman–Crippen LogP) is 9.39. The lowest BCUT2D eigenvalue weighted by Crippen LogP contribution is -2.33. The topological polar surface area (TPSA) is 89.5 Å². The molecule has 1 heterocycles. The van der Waals surface area contributed by atoms with Crippen molar-refractivity contribution in [2.45, 2.75) is 142 Å². The fourth-order valence-corrected chi connectivity index (χ4v) is 5.68. The molecule has 3 rings (SSSR count). The smallest absolute Gasteiger partial charge is 0.434 e. The maximum atomic E-state index is 12.1. The fraction of sp³-hybridized carbons (Fsp3) is 0.765. The number of carbonyl (C=O) groups is 2. The maximum Gasteiger partial charge on any atom is 0.510 e. The van der Waals surface area contributed by atoms with Crippen LogP contribution in [0.1, 0.15) is 135 Å². The monoisotopic (exact) mass is 590 g/mol. The van der Waals surface area contributed by atoms with Crippen LogP contribution in [0.3, 0.4) is 0 Å². The van der Waals surface area contributed by atoms with Crippen LogP contribution in [0.25, 0.3) is 0 Å². The predicted molar refractivity (Wildman–Crippen MR) is 161 cm³/mol. The number of benzene rings is 1. The van der Waals surface area contributed by atoms with Gasteiger partial charge in [-0.25, -0.2) is 9.59 Å². The molecule has 0 N–H and O–H groups in total. The zero-order chi connectivity index (χ0) is 30.0. The van der Waals surface area contributed by atoms with E-state index in [-0.39, 0.29) is 13.2 Å². The highest BCUT2D eigenvalue weighted by Gasteiger charge is 2.43. The van der Waals surface area contributed by atoms with Gasteiger partial charge >= 0.3 is 12.3 Å². The normalized spacial score (nSPS) is 22.5. The van der Waals surface area contributed by atoms with Crippen LogP contribution in [0.4, 0.5) is 9.59 Å². The second-order valence-electron chi connectivity index (χ2n) is 11.9. The number of aryl methyl sites for hydroxylation is 1. The molecule has 1 aromatic rings. The molecule has 8 heteroatoms. The van der Waals surface area contributed by atoms with Gasteiger partial charge in [0.15, 0.2) is 6.29 Å². The molecule has 2 fully saturated rings. The van der Waals surface area contributed by atoms with Crippen LogP contribution in [-0.4, -0.2) is 38.1 Å². The van der Waals surface area contributed by atoms with Gasteiger partial charge in [-0.3, -0.25) is 0 Å². The molecule has 238 valence electrons. The molecule has 0 unspecified atom stereocenters. The molecule has 1 saturated heterocycles. The van der Waals surface area contributed by atoms with E-state index in [9.17, 15) is 9.59 Å². The van der Waals surface area contributed by atoms with E-state index < -0.39 is 31.2 Å². The number of rotatable bonds is 18. The van der Waals surface area contributed by atoms with Gasteiger partial charge in [-0.15, -0.1) is 0 Å². The van der Waals surface area contributed by atoms with Gasteiger partial charge in [-0.2, -0.15) is 0 Å². The largest absolute Gasteiger partial charge is 0.510 e. The van der Waals surface area contributed by atoms with Gasteiger partial charge in [0.05, 0.1) is 13.2 Å². The molecule has 1 saturated carbocycles. The minimum Gasteiger partial charge on any atom is -0.434 e. The summed E-state index contributed by atoms with van der Waals surface area (Å²) in [6, 6.07) is 8.04. The van der Waals surface area contributed by atoms with Crippen LogP contribution in [0.2, 0.25) is 0 Å². The number of ether oxygens (including phenoxy) is 6. The Labute approximate surface area is 253 Å². The highest BCUT2D eigenvalue weighted by atomic mass is 16.9. The summed E-state index contributed by atoms with van der Waals surface area (Å²) in [4.78, 5) is 24.3. The van der Waals surface area contributed by atoms with Crippen molar-refractivity contribution in [1.29, 1.82) is 0 Å². The van der Waals surface area contributed by atoms with Gasteiger partial charge in [0.2, 0.25) is 0 Å². The Hall–Kier alpha value is -2.32. The van der Waals surface area contributed by atoms with Crippen molar-refractivity contribution in [3.8, 4) is 0 Å². The van der Waals surface area contributed by atoms with Crippen LogP contribution >= 0.6 is 0 Å². The van der Waals surface area contributed by atoms with E-state index in [2.05, 4.69) is 19.1 Å². The van der Waals surface area contributed by atoms with Gasteiger partial charge in [-0.1, -0.05) is 122 Å². The standard InChI is InChI=1S/C34H54O8/c1-4-7-10-13-26-16-18-27(19-17-26)14-11-12-15-28-20-22-29(23-21-28)30-39-31(41-33(35)37-24-8-5-2)32(40-30)42-34(36)38-25-9-6-3/h20-23,26-27,30-32H,4-19,24-25H2,1-3H3/t26-,27-,31-,32-/m1/s1. The Bertz CT molecular complexity index is 848. The molecule has 0 spiro atoms. The van der Waals surface area contributed by atoms with E-state index in [0.29, 0.717) is 0 Å². The third-order valence-corrected chi connectivity index (χ3v) is 8.36. The lowest BCUT2D eigenvalue weighted by atomic mass is 9.78. The first-order chi connectivity index (χ1) is 20.5. The Balaban J connectivity index is 1.43. The average molecular weight is 591 g/mol. The van der Waals surface area contributed by atoms with Crippen LogP contribution < -0.4 is 0 Å². The number of hydrogen-bond donors (Lipinski definition) is 0. The summed E-state index contributed by atoms with van der Waals surface area (Å²) in [6.07, 6.45) is 14.0. The van der Waals surface area contributed by atoms with Crippen LogP contribution in [0, 0.1) is 11.8 Å². The van der Waals surface area contributed by atoms with E-state index in [1.165, 1.54) is 76.2 Å². The van der Waals surface area contributed by atoms with Crippen molar-refractivity contribution >= 4 is 12.3 Å². The van der Waals surface area contributed by atoms with Gasteiger partial charge in [0.1, 0.15) is 0 Å². The Morgan fingerprint density at radius 2 is 1.14 bits per heavy atom. The Morgan fingerprint density at radius 3 is 1.62 bits per heavy atom. The van der Waals surface area contributed by atoms with Gasteiger partial charge in [0.25, 0.3) is 12.6 Å². The molecular formula is C34H54O8. The summed E-state index contributed by atoms with van der Waals surface area (Å²) in [5.74, 6) is 1.88. The first-order valence-corrected chi connectivity index (χ1v) is 16.6. The summed E-state index contributed by atoms with van der Waals surface area (Å²) in [6.45, 7) is 6.74. The summed E-state index contributed by atoms with van der Waals surface area (Å²) < 4.78 is 32.3. The Kier molecular flexibility index (Phi) is 16.1. The molecule has 2 aliphatic rings. The molecule has 0 aromatic heterocycles. The molecular weight excluding hydrogens is 536 g/mol. The van der Waals surface area contributed by atoms with Crippen molar-refractivity contribution in [2.24, 2.45) is 11.8 Å². The third-order valence-electron chi connectivity index (χ3n) is 8.36. The van der Waals surface area contributed by atoms with E-state index in [1.54, 1.807) is 0 Å². The van der Waals surface area contributed by atoms with E-state index in [1.807, 2.05) is 26.0 Å². The van der Waals surface area contributed by atoms with E-state index in [4.69, 9.17) is 28.4 Å². The lowest BCUT2D eigenvalue weighted by Gasteiger charge is -2.28. The van der Waals surface area contributed by atoms with Gasteiger partial charge in [-0.05, 0) is 43.1 Å². The minimum absolute atomic E-state index is 0.235. The molecule has 1 aliphatic heterocycles. The van der Waals surface area contributed by atoms with Crippen molar-refractivity contribution in [3.63, 3.8) is 0 Å². The summed E-state index contributed by atoms with van der Waals surface area (Å²) in [5.41, 5.74) is 2.00. The van der Waals surface area contributed by atoms with Crippen molar-refractivity contribution in [3.05, 3.63) is 35.4 Å². The zero-order valence-corrected chi connectivity index (χ0v) is 26.2. The minimum atomic E-state index is -1.27. The summed E-state index contributed by atoms with van der Waals surface area (Å²) in [5, 5.41) is 0. The lowest BCUT2D eigenvalue weighted by molar-refractivity contribution is -0.159. The average Bonchev–Trinajstić information content (AvgIpc) is 3.38. The van der Waals surface area contributed by atoms with Crippen molar-refractivity contribution < 1.29 is 38.0 Å². The first kappa shape index (κ1) is 34.2. The molecule has 0 radical (unpaired) electrons. The van der Waals surface area contributed by atoms with Gasteiger partial charge < -0.3 is 28.4 Å². The second-order valence-corrected chi connectivity index (χ2v) is 11.9. The summed E-state index contributed by atoms with van der Waals surface area (Å²) >= 11 is 0. The molecule has 2 atom stereocenters.